The Morgan fingerprint density at radius 3 is 2.49 bits per heavy atom. The maximum atomic E-state index is 15.0. The predicted octanol–water partition coefficient (Wildman–Crippen LogP) is 5.77. The number of amides is 1. The number of nitrogens with zero attached hydrogens (tertiary/aromatic N) is 11. The van der Waals surface area contributed by atoms with Gasteiger partial charge in [-0.3, -0.25) is 24.2 Å². The first-order valence-corrected chi connectivity index (χ1v) is 22.9. The summed E-state index contributed by atoms with van der Waals surface area (Å²) in [6.45, 7) is 8.43. The van der Waals surface area contributed by atoms with Gasteiger partial charge >= 0.3 is 0 Å². The van der Waals surface area contributed by atoms with Gasteiger partial charge in [0.1, 0.15) is 29.7 Å². The van der Waals surface area contributed by atoms with E-state index in [0.29, 0.717) is 54.7 Å². The third kappa shape index (κ3) is 9.77. The number of nitrogens with one attached hydrogen (secondary N) is 2. The molecule has 0 unspecified atom stereocenters. The minimum atomic E-state index is -2.88. The summed E-state index contributed by atoms with van der Waals surface area (Å²) >= 11 is 0. The second-order valence-corrected chi connectivity index (χ2v) is 18.2. The molecule has 17 nitrogen and oxygen atoms in total. The average Bonchev–Trinajstić information content (AvgIpc) is 4.10. The number of piperidine rings is 2. The van der Waals surface area contributed by atoms with E-state index in [0.717, 1.165) is 82.1 Å². The summed E-state index contributed by atoms with van der Waals surface area (Å²) in [6, 6.07) is 4.19. The van der Waals surface area contributed by atoms with Crippen LogP contribution in [0.1, 0.15) is 106 Å². The standard InChI is InChI=1S/C45H58F3N13O4/c1-3-13-57(22-27(2)62)39-12-16-59-43(53-39)35(21-50-59)44(64)52-36-26-60(55-41(36)42(47)48)32-6-4-28(5-7-32)23-56-14-10-29(11-15-56)24-58-25-30(19-49-58)33-17-31(46)18-38-34(33)20-51-61(38)37-8-9-40(63)54-45(37)65/h12,16-21,25-29,32,37,40,42,45,54,62-63,65H,3-11,13-15,22-24H2,1-2H3,(H,52,64)/t27-,28?,32?,37-,40-,45-/m1/s1. The molecule has 9 rings (SSSR count). The van der Waals surface area contributed by atoms with Crippen molar-refractivity contribution in [1.29, 1.82) is 0 Å². The van der Waals surface area contributed by atoms with Crippen molar-refractivity contribution in [3.8, 4) is 11.1 Å². The van der Waals surface area contributed by atoms with Gasteiger partial charge in [-0.05, 0) is 113 Å². The minimum absolute atomic E-state index is 0.0333. The lowest BCUT2D eigenvalue weighted by molar-refractivity contribution is -0.0296. The molecule has 20 heteroatoms. The van der Waals surface area contributed by atoms with E-state index in [-0.39, 0.29) is 22.9 Å². The molecule has 0 spiro atoms. The fourth-order valence-corrected chi connectivity index (χ4v) is 10.0. The number of likely N-dealkylation sites (tertiary alicyclic amines) is 1. The normalized spacial score (nSPS) is 22.9. The van der Waals surface area contributed by atoms with Crippen LogP contribution in [0.3, 0.4) is 0 Å². The molecule has 348 valence electrons. The van der Waals surface area contributed by atoms with Gasteiger partial charge in [0.15, 0.2) is 11.3 Å². The van der Waals surface area contributed by atoms with Crippen LogP contribution in [0.15, 0.2) is 55.4 Å². The van der Waals surface area contributed by atoms with E-state index in [1.807, 2.05) is 22.7 Å². The van der Waals surface area contributed by atoms with Crippen molar-refractivity contribution in [1.82, 2.24) is 54.2 Å². The van der Waals surface area contributed by atoms with E-state index in [2.05, 4.69) is 40.9 Å². The third-order valence-corrected chi connectivity index (χ3v) is 13.4. The highest BCUT2D eigenvalue weighted by Gasteiger charge is 2.32. The van der Waals surface area contributed by atoms with Crippen LogP contribution >= 0.6 is 0 Å². The van der Waals surface area contributed by atoms with Crippen molar-refractivity contribution in [2.45, 2.75) is 115 Å². The number of rotatable bonds is 15. The number of benzene rings is 1. The number of fused-ring (bicyclic) bond motifs is 2. The molecule has 0 radical (unpaired) electrons. The van der Waals surface area contributed by atoms with E-state index < -0.39 is 48.4 Å². The van der Waals surface area contributed by atoms with E-state index >= 15 is 4.39 Å². The molecule has 6 aromatic rings. The van der Waals surface area contributed by atoms with Gasteiger partial charge in [0.2, 0.25) is 0 Å². The molecule has 1 aliphatic carbocycles. The monoisotopic (exact) mass is 901 g/mol. The average molecular weight is 902 g/mol. The van der Waals surface area contributed by atoms with Crippen LogP contribution in [0.25, 0.3) is 27.7 Å². The number of carbonyl (C=O) groups is 1. The first-order chi connectivity index (χ1) is 31.4. The van der Waals surface area contributed by atoms with Crippen LogP contribution < -0.4 is 15.5 Å². The van der Waals surface area contributed by atoms with Crippen molar-refractivity contribution < 1.29 is 33.3 Å². The molecule has 1 saturated carbocycles. The Balaban J connectivity index is 0.768. The molecule has 2 saturated heterocycles. The quantitative estimate of drug-likeness (QED) is 0.0838. The molecular formula is C45H58F3N13O4. The molecule has 3 fully saturated rings. The highest BCUT2D eigenvalue weighted by Crippen LogP contribution is 2.37. The molecule has 5 N–H and O–H groups in total. The lowest BCUT2D eigenvalue weighted by Gasteiger charge is -2.36. The minimum Gasteiger partial charge on any atom is -0.392 e. The van der Waals surface area contributed by atoms with Gasteiger partial charge in [0.25, 0.3) is 12.3 Å². The number of aromatic nitrogens is 9. The van der Waals surface area contributed by atoms with Gasteiger partial charge in [0, 0.05) is 55.7 Å². The molecule has 65 heavy (non-hydrogen) atoms. The number of alkyl halides is 2. The van der Waals surface area contributed by atoms with Crippen molar-refractivity contribution in [2.75, 3.05) is 42.9 Å². The van der Waals surface area contributed by atoms with Crippen LogP contribution in [-0.4, -0.2) is 121 Å². The zero-order chi connectivity index (χ0) is 45.4. The first kappa shape index (κ1) is 44.8. The van der Waals surface area contributed by atoms with Crippen LogP contribution in [0.4, 0.5) is 24.7 Å². The summed E-state index contributed by atoms with van der Waals surface area (Å²) < 4.78 is 50.3. The van der Waals surface area contributed by atoms with Crippen molar-refractivity contribution in [3.63, 3.8) is 0 Å². The number of hydrogen-bond acceptors (Lipinski definition) is 12. The van der Waals surface area contributed by atoms with E-state index in [1.165, 1.54) is 29.0 Å². The smallest absolute Gasteiger partial charge is 0.284 e. The number of anilines is 2. The van der Waals surface area contributed by atoms with E-state index in [4.69, 9.17) is 0 Å². The highest BCUT2D eigenvalue weighted by molar-refractivity contribution is 6.08. The summed E-state index contributed by atoms with van der Waals surface area (Å²) in [7, 11) is 0. The van der Waals surface area contributed by atoms with Gasteiger partial charge < -0.3 is 30.4 Å². The molecule has 0 bridgehead atoms. The van der Waals surface area contributed by atoms with Crippen LogP contribution in [0.5, 0.6) is 0 Å². The van der Waals surface area contributed by atoms with E-state index in [1.54, 1.807) is 40.9 Å². The van der Waals surface area contributed by atoms with Crippen molar-refractivity contribution >= 4 is 34.0 Å². The maximum absolute atomic E-state index is 15.0. The largest absolute Gasteiger partial charge is 0.392 e. The molecular weight excluding hydrogens is 844 g/mol. The third-order valence-electron chi connectivity index (χ3n) is 13.4. The number of aliphatic hydroxyl groups is 3. The summed E-state index contributed by atoms with van der Waals surface area (Å²) in [5.41, 5.74) is 1.97. The van der Waals surface area contributed by atoms with E-state index in [9.17, 15) is 28.9 Å². The Labute approximate surface area is 374 Å². The molecule has 1 amide bonds. The maximum Gasteiger partial charge on any atom is 0.284 e. The zero-order valence-corrected chi connectivity index (χ0v) is 36.7. The summed E-state index contributed by atoms with van der Waals surface area (Å²) in [4.78, 5) is 22.7. The Morgan fingerprint density at radius 1 is 0.969 bits per heavy atom. The molecule has 2 aliphatic heterocycles. The van der Waals surface area contributed by atoms with Gasteiger partial charge in [-0.2, -0.15) is 20.4 Å². The Kier molecular flexibility index (Phi) is 13.2. The van der Waals surface area contributed by atoms with Crippen LogP contribution in [0, 0.1) is 17.7 Å². The van der Waals surface area contributed by atoms with Crippen LogP contribution in [0.2, 0.25) is 0 Å². The lowest BCUT2D eigenvalue weighted by atomic mass is 9.85. The van der Waals surface area contributed by atoms with Crippen molar-refractivity contribution in [2.24, 2.45) is 11.8 Å². The second-order valence-electron chi connectivity index (χ2n) is 18.2. The number of hydrogen-bond donors (Lipinski definition) is 5. The molecule has 7 heterocycles. The predicted molar refractivity (Wildman–Crippen MR) is 237 cm³/mol. The number of aliphatic hydroxyl groups excluding tert-OH is 3. The van der Waals surface area contributed by atoms with Gasteiger partial charge in [0.05, 0.1) is 48.0 Å². The SMILES string of the molecule is CCCN(C[C@@H](C)O)c1ccn2ncc(C(=O)Nc3cn(C4CCC(CN5CCC(Cn6cc(-c7cc(F)cc8c7cnn8[C@@H]7CC[C@@H](O)N[C@@H]7O)cn6)CC5)CC4)nc3C(F)F)c2n1. The van der Waals surface area contributed by atoms with Crippen molar-refractivity contribution in [3.05, 3.63) is 72.5 Å². The Hall–Kier alpha value is -5.41. The lowest BCUT2D eigenvalue weighted by Crippen LogP contribution is -2.48. The molecule has 1 aromatic carbocycles. The topological polar surface area (TPSA) is 192 Å². The summed E-state index contributed by atoms with van der Waals surface area (Å²) in [6.07, 6.45) is 12.0. The fraction of sp³-hybridized carbons (Fsp3) is 0.556. The molecule has 4 atom stereocenters. The van der Waals surface area contributed by atoms with Gasteiger partial charge in [-0.1, -0.05) is 6.92 Å². The zero-order valence-electron chi connectivity index (χ0n) is 36.7. The summed E-state index contributed by atoms with van der Waals surface area (Å²) in [5.74, 6) is 0.487. The second kappa shape index (κ2) is 19.2. The summed E-state index contributed by atoms with van der Waals surface area (Å²) in [5, 5.41) is 54.4. The fourth-order valence-electron chi connectivity index (χ4n) is 10.0. The molecule has 3 aliphatic rings. The Morgan fingerprint density at radius 2 is 1.75 bits per heavy atom. The number of carbonyl (C=O) groups excluding carboxylic acids is 1. The van der Waals surface area contributed by atoms with Crippen LogP contribution in [-0.2, 0) is 6.54 Å². The molecule has 5 aromatic heterocycles. The van der Waals surface area contributed by atoms with Gasteiger partial charge in [-0.25, -0.2) is 22.7 Å². The number of halogens is 3. The van der Waals surface area contributed by atoms with Gasteiger partial charge in [-0.15, -0.1) is 0 Å². The Bertz CT molecular complexity index is 2580. The highest BCUT2D eigenvalue weighted by atomic mass is 19.3. The first-order valence-electron chi connectivity index (χ1n) is 22.9.